The maximum Gasteiger partial charge on any atom is 0.150 e. The Labute approximate surface area is 72.9 Å². The van der Waals surface area contributed by atoms with Crippen LogP contribution in [0.5, 0.6) is 0 Å². The summed E-state index contributed by atoms with van der Waals surface area (Å²) in [5, 5.41) is 0. The molecule has 4 saturated heterocycles. The van der Waals surface area contributed by atoms with E-state index < -0.39 is 0 Å². The van der Waals surface area contributed by atoms with Crippen molar-refractivity contribution in [1.29, 1.82) is 0 Å². The maximum absolute atomic E-state index is 11.4. The van der Waals surface area contributed by atoms with Gasteiger partial charge in [-0.25, -0.2) is 0 Å². The number of carbonyl (C=O) groups excluding carboxylic acids is 1. The fraction of sp³-hybridized carbons (Fsp3) is 0.900. The van der Waals surface area contributed by atoms with E-state index in [1.165, 1.54) is 32.1 Å². The maximum atomic E-state index is 11.4. The largest absolute Gasteiger partial charge is 0.298 e. The summed E-state index contributed by atoms with van der Waals surface area (Å²) >= 11 is 0. The molecule has 0 aromatic heterocycles. The van der Waals surface area contributed by atoms with Crippen LogP contribution in [0.2, 0.25) is 0 Å². The molecule has 4 bridgehead atoms. The third-order valence-electron chi connectivity index (χ3n) is 3.92. The lowest BCUT2D eigenvalue weighted by Gasteiger charge is -2.52. The first-order valence-electron chi connectivity index (χ1n) is 5.13. The lowest BCUT2D eigenvalue weighted by molar-refractivity contribution is -0.140. The number of piperidine rings is 4. The molecular weight excluding hydrogens is 150 g/mol. The highest BCUT2D eigenvalue weighted by atomic mass is 16.1. The molecule has 4 rings (SSSR count). The Morgan fingerprint density at radius 3 is 2.42 bits per heavy atom. The van der Waals surface area contributed by atoms with Crippen LogP contribution in [0.15, 0.2) is 0 Å². The Balaban J connectivity index is 1.91. The molecule has 2 nitrogen and oxygen atoms in total. The highest BCUT2D eigenvalue weighted by Crippen LogP contribution is 2.40. The number of hydrogen-bond acceptors (Lipinski definition) is 2. The van der Waals surface area contributed by atoms with Gasteiger partial charge in [-0.05, 0) is 25.7 Å². The molecule has 0 spiro atoms. The quantitative estimate of drug-likeness (QED) is 0.537. The van der Waals surface area contributed by atoms with Crippen LogP contribution >= 0.6 is 0 Å². The van der Waals surface area contributed by atoms with Crippen LogP contribution in [0.1, 0.15) is 32.1 Å². The second-order valence-corrected chi connectivity index (χ2v) is 4.55. The van der Waals surface area contributed by atoms with Crippen LogP contribution in [0.25, 0.3) is 0 Å². The normalized spacial score (nSPS) is 51.2. The molecule has 0 saturated carbocycles. The number of rotatable bonds is 0. The van der Waals surface area contributed by atoms with Gasteiger partial charge < -0.3 is 0 Å². The summed E-state index contributed by atoms with van der Waals surface area (Å²) < 4.78 is 0. The minimum atomic E-state index is 0.449. The minimum Gasteiger partial charge on any atom is -0.298 e. The van der Waals surface area contributed by atoms with Crippen molar-refractivity contribution in [3.05, 3.63) is 0 Å². The fourth-order valence-corrected chi connectivity index (χ4v) is 3.31. The van der Waals surface area contributed by atoms with Crippen LogP contribution in [-0.2, 0) is 4.79 Å². The number of hydrogen-bond donors (Lipinski definition) is 0. The van der Waals surface area contributed by atoms with Gasteiger partial charge in [-0.2, -0.15) is 0 Å². The van der Waals surface area contributed by atoms with E-state index in [1.54, 1.807) is 0 Å². The van der Waals surface area contributed by atoms with E-state index in [-0.39, 0.29) is 0 Å². The van der Waals surface area contributed by atoms with Gasteiger partial charge in [0, 0.05) is 18.0 Å². The second kappa shape index (κ2) is 2.32. The Morgan fingerprint density at radius 2 is 1.83 bits per heavy atom. The Morgan fingerprint density at radius 1 is 1.17 bits per heavy atom. The van der Waals surface area contributed by atoms with Crippen molar-refractivity contribution in [3.8, 4) is 0 Å². The number of nitrogens with zero attached hydrogens (tertiary/aromatic N) is 1. The predicted octanol–water partition coefficient (Wildman–Crippen LogP) is 1.20. The first-order chi connectivity index (χ1) is 5.84. The van der Waals surface area contributed by atoms with Crippen LogP contribution in [0.4, 0.5) is 0 Å². The molecule has 4 aliphatic heterocycles. The highest BCUT2D eigenvalue weighted by molar-refractivity contribution is 5.84. The summed E-state index contributed by atoms with van der Waals surface area (Å²) in [6.07, 6.45) is 6.44. The van der Waals surface area contributed by atoms with Gasteiger partial charge in [0.15, 0.2) is 0 Å². The fourth-order valence-electron chi connectivity index (χ4n) is 3.31. The average Bonchev–Trinajstić information content (AvgIpc) is 2.03. The highest BCUT2D eigenvalue weighted by Gasteiger charge is 2.45. The summed E-state index contributed by atoms with van der Waals surface area (Å²) in [5.74, 6) is 0.967. The predicted molar refractivity (Wildman–Crippen MR) is 45.9 cm³/mol. The molecule has 2 heteroatoms. The molecular formula is C10H15NO. The number of carbonyl (C=O) groups is 1. The van der Waals surface area contributed by atoms with Crippen molar-refractivity contribution in [3.63, 3.8) is 0 Å². The van der Waals surface area contributed by atoms with Crippen molar-refractivity contribution in [2.45, 2.75) is 44.2 Å². The second-order valence-electron chi connectivity index (χ2n) is 4.55. The molecule has 2 unspecified atom stereocenters. The lowest BCUT2D eigenvalue weighted by atomic mass is 9.72. The van der Waals surface area contributed by atoms with Gasteiger partial charge in [0.2, 0.25) is 0 Å². The third-order valence-corrected chi connectivity index (χ3v) is 3.92. The summed E-state index contributed by atoms with van der Waals surface area (Å²) in [4.78, 5) is 13.9. The van der Waals surface area contributed by atoms with Gasteiger partial charge >= 0.3 is 0 Å². The van der Waals surface area contributed by atoms with E-state index in [1.807, 2.05) is 0 Å². The van der Waals surface area contributed by atoms with Crippen molar-refractivity contribution in [2.75, 3.05) is 6.54 Å². The number of Topliss-reactive ketones (excluding diaryl/α,β-unsaturated/α-hetero) is 1. The zero-order valence-electron chi connectivity index (χ0n) is 7.33. The molecule has 0 amide bonds. The minimum absolute atomic E-state index is 0.449. The molecule has 0 aromatic rings. The molecule has 66 valence electrons. The summed E-state index contributed by atoms with van der Waals surface area (Å²) in [7, 11) is 0. The molecule has 0 aliphatic carbocycles. The Bertz CT molecular complexity index is 212. The van der Waals surface area contributed by atoms with Gasteiger partial charge in [-0.1, -0.05) is 6.42 Å². The van der Waals surface area contributed by atoms with E-state index in [2.05, 4.69) is 4.90 Å². The zero-order chi connectivity index (χ0) is 8.13. The summed E-state index contributed by atoms with van der Waals surface area (Å²) in [6.45, 7) is 0.778. The van der Waals surface area contributed by atoms with Crippen molar-refractivity contribution in [2.24, 2.45) is 5.92 Å². The van der Waals surface area contributed by atoms with Gasteiger partial charge in [-0.15, -0.1) is 0 Å². The van der Waals surface area contributed by atoms with Gasteiger partial charge in [0.1, 0.15) is 5.78 Å². The molecule has 0 radical (unpaired) electrons. The van der Waals surface area contributed by atoms with Crippen molar-refractivity contribution < 1.29 is 4.79 Å². The summed E-state index contributed by atoms with van der Waals surface area (Å²) in [5.41, 5.74) is 0. The third kappa shape index (κ3) is 0.817. The van der Waals surface area contributed by atoms with E-state index in [9.17, 15) is 4.79 Å². The van der Waals surface area contributed by atoms with Crippen LogP contribution in [-0.4, -0.2) is 29.3 Å². The van der Waals surface area contributed by atoms with E-state index in [0.29, 0.717) is 11.7 Å². The Kier molecular flexibility index (Phi) is 1.37. The Hall–Kier alpha value is -0.370. The zero-order valence-corrected chi connectivity index (χ0v) is 7.33. The molecule has 0 aromatic carbocycles. The number of ketones is 1. The van der Waals surface area contributed by atoms with Crippen LogP contribution < -0.4 is 0 Å². The molecule has 2 atom stereocenters. The van der Waals surface area contributed by atoms with Crippen LogP contribution in [0, 0.1) is 5.92 Å². The molecule has 4 heterocycles. The first-order valence-corrected chi connectivity index (χ1v) is 5.13. The van der Waals surface area contributed by atoms with Gasteiger partial charge in [0.25, 0.3) is 0 Å². The van der Waals surface area contributed by atoms with Crippen molar-refractivity contribution in [1.82, 2.24) is 4.90 Å². The number of fused-ring (bicyclic) bond motifs is 1. The molecule has 4 fully saturated rings. The molecule has 0 N–H and O–H groups in total. The van der Waals surface area contributed by atoms with Gasteiger partial charge in [-0.3, -0.25) is 9.69 Å². The van der Waals surface area contributed by atoms with Crippen molar-refractivity contribution >= 4 is 5.78 Å². The van der Waals surface area contributed by atoms with E-state index in [4.69, 9.17) is 0 Å². The summed E-state index contributed by atoms with van der Waals surface area (Å²) in [6, 6.07) is 1.56. The van der Waals surface area contributed by atoms with E-state index >= 15 is 0 Å². The topological polar surface area (TPSA) is 20.3 Å². The van der Waals surface area contributed by atoms with Gasteiger partial charge in [0.05, 0.1) is 6.54 Å². The molecule has 12 heavy (non-hydrogen) atoms. The monoisotopic (exact) mass is 165 g/mol. The smallest absolute Gasteiger partial charge is 0.150 e. The average molecular weight is 165 g/mol. The standard InChI is InChI=1S/C10H15NO/c12-10-6-11-8-2-1-3-9(11)5-7(10)4-8/h7-9H,1-6H2. The lowest BCUT2D eigenvalue weighted by Crippen LogP contribution is -2.60. The van der Waals surface area contributed by atoms with E-state index in [0.717, 1.165) is 18.6 Å². The SMILES string of the molecule is O=C1CN2C3CCCC2CC1C3. The first kappa shape index (κ1) is 7.07. The van der Waals surface area contributed by atoms with Crippen LogP contribution in [0.3, 0.4) is 0 Å². The molecule has 4 aliphatic rings.